The molecule has 1 heteroatoms. The van der Waals surface area contributed by atoms with Crippen LogP contribution in [0.4, 0.5) is 0 Å². The van der Waals surface area contributed by atoms with Crippen LogP contribution >= 0.6 is 0 Å². The molecule has 7 heavy (non-hydrogen) atoms. The van der Waals surface area contributed by atoms with E-state index >= 15 is 0 Å². The fourth-order valence-electron chi connectivity index (χ4n) is 1.44. The lowest BCUT2D eigenvalue weighted by molar-refractivity contribution is -0.0506. The van der Waals surface area contributed by atoms with Crippen LogP contribution in [0, 0.1) is 5.92 Å². The Balaban J connectivity index is 2.29. The Hall–Kier alpha value is -0.0400. The smallest absolute Gasteiger partial charge is 0.0624 e. The van der Waals surface area contributed by atoms with E-state index in [4.69, 9.17) is 5.11 Å². The first-order valence-electron chi connectivity index (χ1n) is 2.82. The van der Waals surface area contributed by atoms with E-state index in [1.807, 2.05) is 6.92 Å². The first-order valence-corrected chi connectivity index (χ1v) is 2.82. The van der Waals surface area contributed by atoms with Gasteiger partial charge in [0.1, 0.15) is 0 Å². The highest BCUT2D eigenvalue weighted by Crippen LogP contribution is 2.36. The van der Waals surface area contributed by atoms with Crippen LogP contribution in [0.2, 0.25) is 0 Å². The minimum Gasteiger partial charge on any atom is -0.390 e. The molecule has 0 saturated heterocycles. The third-order valence-corrected chi connectivity index (χ3v) is 1.58. The molecule has 42 valence electrons. The predicted octanol–water partition coefficient (Wildman–Crippen LogP) is 1.17. The van der Waals surface area contributed by atoms with Crippen LogP contribution in [-0.2, 0) is 0 Å². The van der Waals surface area contributed by atoms with Gasteiger partial charge in [0.05, 0.1) is 5.60 Å². The lowest BCUT2D eigenvalue weighted by Crippen LogP contribution is -2.39. The highest BCUT2D eigenvalue weighted by atomic mass is 16.3. The van der Waals surface area contributed by atoms with Gasteiger partial charge in [-0.1, -0.05) is 6.92 Å². The molecular weight excluding hydrogens is 88.1 g/mol. The van der Waals surface area contributed by atoms with E-state index in [1.54, 1.807) is 0 Å². The highest BCUT2D eigenvalue weighted by molar-refractivity contribution is 4.87. The Kier molecular flexibility index (Phi) is 0.890. The molecule has 0 amide bonds. The van der Waals surface area contributed by atoms with Crippen LogP contribution in [-0.4, -0.2) is 10.7 Å². The number of hydrogen-bond acceptors (Lipinski definition) is 1. The monoisotopic (exact) mass is 100 g/mol. The summed E-state index contributed by atoms with van der Waals surface area (Å²) in [6.45, 7) is 4.06. The van der Waals surface area contributed by atoms with Crippen LogP contribution in [0.15, 0.2) is 0 Å². The molecule has 1 nitrogen and oxygen atoms in total. The van der Waals surface area contributed by atoms with Crippen LogP contribution in [0.5, 0.6) is 0 Å². The Morgan fingerprint density at radius 1 is 1.57 bits per heavy atom. The maximum Gasteiger partial charge on any atom is 0.0624 e. The highest BCUT2D eigenvalue weighted by Gasteiger charge is 2.34. The number of hydrogen-bond donors (Lipinski definition) is 1. The molecule has 1 aliphatic rings. The summed E-state index contributed by atoms with van der Waals surface area (Å²) in [4.78, 5) is 0. The topological polar surface area (TPSA) is 20.2 Å². The molecule has 0 bridgehead atoms. The molecule has 0 aromatic rings. The van der Waals surface area contributed by atoms with Crippen molar-refractivity contribution in [2.75, 3.05) is 0 Å². The summed E-state index contributed by atoms with van der Waals surface area (Å²) in [5.74, 6) is 0.759. The molecule has 1 N–H and O–H groups in total. The molecule has 1 fully saturated rings. The third kappa shape index (κ3) is 0.942. The van der Waals surface area contributed by atoms with E-state index in [-0.39, 0.29) is 5.60 Å². The zero-order valence-electron chi connectivity index (χ0n) is 4.94. The van der Waals surface area contributed by atoms with Crippen LogP contribution in [0.3, 0.4) is 0 Å². The van der Waals surface area contributed by atoms with Gasteiger partial charge in [0.15, 0.2) is 0 Å². The summed E-state index contributed by atoms with van der Waals surface area (Å²) in [5, 5.41) is 9.08. The maximum atomic E-state index is 9.08. The lowest BCUT2D eigenvalue weighted by atomic mass is 9.73. The van der Waals surface area contributed by atoms with E-state index in [0.29, 0.717) is 0 Å². The van der Waals surface area contributed by atoms with Gasteiger partial charge in [-0.2, -0.15) is 0 Å². The van der Waals surface area contributed by atoms with Crippen LogP contribution in [0.25, 0.3) is 0 Å². The Morgan fingerprint density at radius 3 is 2.00 bits per heavy atom. The quantitative estimate of drug-likeness (QED) is 0.484. The molecule has 0 aromatic carbocycles. The SMILES string of the molecule is CC1CC(C)(O)C1. The van der Waals surface area contributed by atoms with Crippen molar-refractivity contribution in [2.24, 2.45) is 5.92 Å². The van der Waals surface area contributed by atoms with Crippen LogP contribution in [0.1, 0.15) is 26.7 Å². The van der Waals surface area contributed by atoms with Gasteiger partial charge in [-0.25, -0.2) is 0 Å². The first kappa shape index (κ1) is 5.10. The molecule has 0 spiro atoms. The van der Waals surface area contributed by atoms with Gasteiger partial charge in [-0.15, -0.1) is 0 Å². The van der Waals surface area contributed by atoms with Gasteiger partial charge in [0.25, 0.3) is 0 Å². The molecule has 1 saturated carbocycles. The van der Waals surface area contributed by atoms with E-state index < -0.39 is 0 Å². The average molecular weight is 100 g/mol. The van der Waals surface area contributed by atoms with Gasteiger partial charge in [0.2, 0.25) is 0 Å². The molecule has 0 aromatic heterocycles. The minimum atomic E-state index is -0.306. The van der Waals surface area contributed by atoms with Crippen molar-refractivity contribution in [2.45, 2.75) is 32.3 Å². The van der Waals surface area contributed by atoms with Gasteiger partial charge in [0, 0.05) is 0 Å². The third-order valence-electron chi connectivity index (χ3n) is 1.58. The predicted molar refractivity (Wildman–Crippen MR) is 29.0 cm³/mol. The second kappa shape index (κ2) is 1.22. The normalized spacial score (nSPS) is 51.0. The van der Waals surface area contributed by atoms with Crippen molar-refractivity contribution in [3.8, 4) is 0 Å². The average Bonchev–Trinajstić information content (AvgIpc) is 1.27. The molecule has 0 unspecified atom stereocenters. The second-order valence-corrected chi connectivity index (χ2v) is 3.01. The summed E-state index contributed by atoms with van der Waals surface area (Å²) >= 11 is 0. The van der Waals surface area contributed by atoms with Gasteiger partial charge < -0.3 is 5.11 Å². The van der Waals surface area contributed by atoms with Crippen molar-refractivity contribution in [1.29, 1.82) is 0 Å². The molecule has 0 aliphatic heterocycles. The van der Waals surface area contributed by atoms with Gasteiger partial charge >= 0.3 is 0 Å². The fourth-order valence-corrected chi connectivity index (χ4v) is 1.44. The van der Waals surface area contributed by atoms with E-state index in [1.165, 1.54) is 0 Å². The van der Waals surface area contributed by atoms with Gasteiger partial charge in [-0.3, -0.25) is 0 Å². The van der Waals surface area contributed by atoms with E-state index in [0.717, 1.165) is 18.8 Å². The summed E-state index contributed by atoms with van der Waals surface area (Å²) < 4.78 is 0. The van der Waals surface area contributed by atoms with Crippen molar-refractivity contribution in [1.82, 2.24) is 0 Å². The first-order chi connectivity index (χ1) is 3.10. The molecule has 1 rings (SSSR count). The molecule has 1 aliphatic carbocycles. The summed E-state index contributed by atoms with van der Waals surface area (Å²) in [5.41, 5.74) is -0.306. The van der Waals surface area contributed by atoms with Crippen LogP contribution < -0.4 is 0 Å². The molecule has 0 atom stereocenters. The molecule has 0 heterocycles. The summed E-state index contributed by atoms with van der Waals surface area (Å²) in [6, 6.07) is 0. The number of rotatable bonds is 0. The van der Waals surface area contributed by atoms with Gasteiger partial charge in [-0.05, 0) is 25.7 Å². The van der Waals surface area contributed by atoms with Crippen molar-refractivity contribution < 1.29 is 5.11 Å². The lowest BCUT2D eigenvalue weighted by Gasteiger charge is -2.38. The van der Waals surface area contributed by atoms with E-state index in [9.17, 15) is 0 Å². The Bertz CT molecular complexity index is 68.2. The van der Waals surface area contributed by atoms with E-state index in [2.05, 4.69) is 6.92 Å². The standard InChI is InChI=1S/C6H12O/c1-5-3-6(2,7)4-5/h5,7H,3-4H2,1-2H3. The maximum absolute atomic E-state index is 9.08. The van der Waals surface area contributed by atoms with Crippen molar-refractivity contribution >= 4 is 0 Å². The fraction of sp³-hybridized carbons (Fsp3) is 1.00. The zero-order valence-corrected chi connectivity index (χ0v) is 4.94. The van der Waals surface area contributed by atoms with Crippen molar-refractivity contribution in [3.63, 3.8) is 0 Å². The number of aliphatic hydroxyl groups is 1. The minimum absolute atomic E-state index is 0.306. The Labute approximate surface area is 44.4 Å². The molecular formula is C6H12O. The molecule has 0 radical (unpaired) electrons. The summed E-state index contributed by atoms with van der Waals surface area (Å²) in [6.07, 6.45) is 1.99. The largest absolute Gasteiger partial charge is 0.390 e. The second-order valence-electron chi connectivity index (χ2n) is 3.01. The Morgan fingerprint density at radius 2 is 2.00 bits per heavy atom. The zero-order chi connectivity index (χ0) is 5.49. The summed E-state index contributed by atoms with van der Waals surface area (Å²) in [7, 11) is 0. The van der Waals surface area contributed by atoms with Crippen molar-refractivity contribution in [3.05, 3.63) is 0 Å².